The summed E-state index contributed by atoms with van der Waals surface area (Å²) in [5.41, 5.74) is 2.01. The average molecular weight is 188 g/mol. The molecule has 0 bridgehead atoms. The molecule has 2 rings (SSSR count). The Bertz CT molecular complexity index is 464. The highest BCUT2D eigenvalue weighted by Gasteiger charge is 1.99. The van der Waals surface area contributed by atoms with Crippen molar-refractivity contribution >= 4 is 5.65 Å². The van der Waals surface area contributed by atoms with Crippen molar-refractivity contribution < 1.29 is 0 Å². The fraction of sp³-hybridized carbons (Fsp3) is 0.300. The van der Waals surface area contributed by atoms with Gasteiger partial charge in [0.1, 0.15) is 6.07 Å². The normalized spacial score (nSPS) is 9.00. The average Bonchev–Trinajstić information content (AvgIpc) is 2.62. The van der Waals surface area contributed by atoms with Crippen LogP contribution in [0.1, 0.15) is 25.2 Å². The van der Waals surface area contributed by atoms with Gasteiger partial charge in [0.15, 0.2) is 11.3 Å². The predicted octanol–water partition coefficient (Wildman–Crippen LogP) is 1.94. The topological polar surface area (TPSA) is 54.0 Å². The molecule has 4 heteroatoms. The fourth-order valence-electron chi connectivity index (χ4n) is 1.03. The summed E-state index contributed by atoms with van der Waals surface area (Å²) in [7, 11) is 0. The van der Waals surface area contributed by atoms with Gasteiger partial charge in [-0.25, -0.2) is 9.50 Å². The van der Waals surface area contributed by atoms with Gasteiger partial charge in [-0.1, -0.05) is 13.8 Å². The van der Waals surface area contributed by atoms with Gasteiger partial charge in [0, 0.05) is 0 Å². The first-order chi connectivity index (χ1) is 6.79. The minimum atomic E-state index is 0.396. The zero-order chi connectivity index (χ0) is 10.6. The van der Waals surface area contributed by atoms with E-state index in [1.54, 1.807) is 10.7 Å². The van der Waals surface area contributed by atoms with Gasteiger partial charge in [-0.2, -0.15) is 10.4 Å². The molecule has 0 atom stereocenters. The molecule has 2 heterocycles. The SMILES string of the molecule is CC.Cc1ccc2nc(C#N)cn2n1. The molecule has 2 aromatic heterocycles. The molecule has 0 fully saturated rings. The van der Waals surface area contributed by atoms with Crippen LogP contribution in [-0.2, 0) is 0 Å². The molecule has 0 aliphatic heterocycles. The summed E-state index contributed by atoms with van der Waals surface area (Å²) in [4.78, 5) is 4.01. The van der Waals surface area contributed by atoms with E-state index in [-0.39, 0.29) is 0 Å². The Morgan fingerprint density at radius 1 is 1.36 bits per heavy atom. The molecule has 0 aromatic carbocycles. The van der Waals surface area contributed by atoms with Crippen molar-refractivity contribution in [2.75, 3.05) is 0 Å². The van der Waals surface area contributed by atoms with E-state index in [9.17, 15) is 0 Å². The molecule has 72 valence electrons. The van der Waals surface area contributed by atoms with Crippen LogP contribution >= 0.6 is 0 Å². The Morgan fingerprint density at radius 2 is 2.07 bits per heavy atom. The molecule has 0 radical (unpaired) electrons. The quantitative estimate of drug-likeness (QED) is 0.634. The van der Waals surface area contributed by atoms with Gasteiger partial charge >= 0.3 is 0 Å². The van der Waals surface area contributed by atoms with Gasteiger partial charge in [0.25, 0.3) is 0 Å². The zero-order valence-electron chi connectivity index (χ0n) is 8.52. The first-order valence-electron chi connectivity index (χ1n) is 4.53. The molecule has 0 saturated carbocycles. The van der Waals surface area contributed by atoms with E-state index in [0.29, 0.717) is 11.3 Å². The number of hydrogen-bond acceptors (Lipinski definition) is 3. The van der Waals surface area contributed by atoms with Crippen LogP contribution in [0.15, 0.2) is 18.3 Å². The molecule has 0 N–H and O–H groups in total. The lowest BCUT2D eigenvalue weighted by Crippen LogP contribution is -1.91. The summed E-state index contributed by atoms with van der Waals surface area (Å²) in [6, 6.07) is 5.66. The van der Waals surface area contributed by atoms with Crippen molar-refractivity contribution in [2.45, 2.75) is 20.8 Å². The van der Waals surface area contributed by atoms with E-state index in [2.05, 4.69) is 10.1 Å². The van der Waals surface area contributed by atoms with Crippen molar-refractivity contribution in [1.82, 2.24) is 14.6 Å². The maximum absolute atomic E-state index is 8.55. The van der Waals surface area contributed by atoms with Crippen LogP contribution in [0.2, 0.25) is 0 Å². The molecular weight excluding hydrogens is 176 g/mol. The van der Waals surface area contributed by atoms with Crippen LogP contribution in [0, 0.1) is 18.3 Å². The van der Waals surface area contributed by atoms with E-state index in [1.165, 1.54) is 0 Å². The first kappa shape index (κ1) is 10.2. The number of hydrogen-bond donors (Lipinski definition) is 0. The van der Waals surface area contributed by atoms with Crippen molar-refractivity contribution in [3.05, 3.63) is 29.7 Å². The largest absolute Gasteiger partial charge is 0.220 e. The van der Waals surface area contributed by atoms with Gasteiger partial charge in [-0.05, 0) is 19.1 Å². The molecule has 14 heavy (non-hydrogen) atoms. The number of nitriles is 1. The fourth-order valence-corrected chi connectivity index (χ4v) is 1.03. The van der Waals surface area contributed by atoms with Crippen LogP contribution in [0.25, 0.3) is 5.65 Å². The Balaban J connectivity index is 0.000000461. The molecule has 4 nitrogen and oxygen atoms in total. The van der Waals surface area contributed by atoms with Crippen LogP contribution in [0.4, 0.5) is 0 Å². The predicted molar refractivity (Wildman–Crippen MR) is 53.8 cm³/mol. The monoisotopic (exact) mass is 188 g/mol. The van der Waals surface area contributed by atoms with E-state index in [1.807, 2.05) is 39.0 Å². The third-order valence-corrected chi connectivity index (χ3v) is 1.57. The molecule has 2 aromatic rings. The summed E-state index contributed by atoms with van der Waals surface area (Å²) in [5, 5.41) is 12.7. The highest BCUT2D eigenvalue weighted by Crippen LogP contribution is 2.02. The van der Waals surface area contributed by atoms with Crippen LogP contribution < -0.4 is 0 Å². The zero-order valence-corrected chi connectivity index (χ0v) is 8.52. The Labute approximate surface area is 82.8 Å². The number of fused-ring (bicyclic) bond motifs is 1. The van der Waals surface area contributed by atoms with Crippen LogP contribution in [0.5, 0.6) is 0 Å². The van der Waals surface area contributed by atoms with Gasteiger partial charge in [-0.3, -0.25) is 0 Å². The summed E-state index contributed by atoms with van der Waals surface area (Å²) >= 11 is 0. The molecule has 0 aliphatic rings. The maximum Gasteiger partial charge on any atom is 0.161 e. The lowest BCUT2D eigenvalue weighted by Gasteiger charge is -1.91. The highest BCUT2D eigenvalue weighted by atomic mass is 15.2. The van der Waals surface area contributed by atoms with E-state index >= 15 is 0 Å². The van der Waals surface area contributed by atoms with Gasteiger partial charge in [0.05, 0.1) is 11.9 Å². The smallest absolute Gasteiger partial charge is 0.161 e. The standard InChI is InChI=1S/C8H6N4.C2H6/c1-6-2-3-8-10-7(4-9)5-12(8)11-6;1-2/h2-3,5H,1H3;1-2H3. The van der Waals surface area contributed by atoms with Crippen LogP contribution in [-0.4, -0.2) is 14.6 Å². The summed E-state index contributed by atoms with van der Waals surface area (Å²) < 4.78 is 1.61. The third-order valence-electron chi connectivity index (χ3n) is 1.57. The minimum absolute atomic E-state index is 0.396. The number of imidazole rings is 1. The maximum atomic E-state index is 8.55. The van der Waals surface area contributed by atoms with E-state index in [4.69, 9.17) is 5.26 Å². The second-order valence-electron chi connectivity index (χ2n) is 2.52. The third kappa shape index (κ3) is 1.88. The first-order valence-corrected chi connectivity index (χ1v) is 4.53. The lowest BCUT2D eigenvalue weighted by atomic mass is 10.4. The minimum Gasteiger partial charge on any atom is -0.220 e. The van der Waals surface area contributed by atoms with Crippen molar-refractivity contribution in [2.24, 2.45) is 0 Å². The lowest BCUT2D eigenvalue weighted by molar-refractivity contribution is 0.900. The summed E-state index contributed by atoms with van der Waals surface area (Å²) in [5.74, 6) is 0. The summed E-state index contributed by atoms with van der Waals surface area (Å²) in [6.07, 6.45) is 1.61. The highest BCUT2D eigenvalue weighted by molar-refractivity contribution is 5.41. The Morgan fingerprint density at radius 3 is 2.71 bits per heavy atom. The Hall–Kier alpha value is -1.89. The van der Waals surface area contributed by atoms with Gasteiger partial charge in [0.2, 0.25) is 0 Å². The molecule has 0 saturated heterocycles. The molecule has 0 amide bonds. The molecule has 0 aliphatic carbocycles. The molecule has 0 spiro atoms. The second-order valence-corrected chi connectivity index (χ2v) is 2.52. The van der Waals surface area contributed by atoms with E-state index < -0.39 is 0 Å². The summed E-state index contributed by atoms with van der Waals surface area (Å²) in [6.45, 7) is 5.89. The second kappa shape index (κ2) is 4.38. The number of aromatic nitrogens is 3. The number of nitrogens with zero attached hydrogens (tertiary/aromatic N) is 4. The van der Waals surface area contributed by atoms with Gasteiger partial charge in [-0.15, -0.1) is 0 Å². The van der Waals surface area contributed by atoms with Crippen molar-refractivity contribution in [3.63, 3.8) is 0 Å². The van der Waals surface area contributed by atoms with Crippen LogP contribution in [0.3, 0.4) is 0 Å². The van der Waals surface area contributed by atoms with Crippen molar-refractivity contribution in [3.8, 4) is 6.07 Å². The van der Waals surface area contributed by atoms with Crippen molar-refractivity contribution in [1.29, 1.82) is 5.26 Å². The number of aryl methyl sites for hydroxylation is 1. The van der Waals surface area contributed by atoms with E-state index in [0.717, 1.165) is 5.69 Å². The molecule has 0 unspecified atom stereocenters. The molecular formula is C10H12N4. The number of rotatable bonds is 0. The van der Waals surface area contributed by atoms with Gasteiger partial charge < -0.3 is 0 Å². The Kier molecular flexibility index (Phi) is 3.19.